The second-order valence-corrected chi connectivity index (χ2v) is 10.3. The molecule has 2 aliphatic heterocycles. The molecule has 0 N–H and O–H groups in total. The van der Waals surface area contributed by atoms with Crippen LogP contribution in [0.4, 0.5) is 0 Å². The maximum atomic E-state index is 13.4. The molecule has 2 saturated heterocycles. The normalized spacial score (nSPS) is 21.4. The number of ether oxygens (including phenoxy) is 2. The Hall–Kier alpha value is -2.16. The standard InChI is InChI=1S/C26H36N4O3S/c1-29-11-5-9-21(17-29)25(31)30-12-6-8-20(18-30)24-23(19-7-4-10-22(15-19)33-3)16-27-26(28-24)34-14-13-32-2/h4,7,10,15-16,20-21H,5-6,8-9,11-14,17-18H2,1-3H3/t20-,21-/m1/s1. The number of nitrogens with zero attached hydrogens (tertiary/aromatic N) is 4. The maximum Gasteiger partial charge on any atom is 0.226 e. The lowest BCUT2D eigenvalue weighted by Crippen LogP contribution is -2.47. The van der Waals surface area contributed by atoms with E-state index in [9.17, 15) is 4.79 Å². The summed E-state index contributed by atoms with van der Waals surface area (Å²) in [6.07, 6.45) is 6.03. The van der Waals surface area contributed by atoms with E-state index in [1.807, 2.05) is 24.4 Å². The first-order valence-corrected chi connectivity index (χ1v) is 13.2. The van der Waals surface area contributed by atoms with E-state index >= 15 is 0 Å². The fourth-order valence-electron chi connectivity index (χ4n) is 5.01. The number of benzene rings is 1. The van der Waals surface area contributed by atoms with Gasteiger partial charge in [0.1, 0.15) is 5.75 Å². The summed E-state index contributed by atoms with van der Waals surface area (Å²) in [5, 5.41) is 0.760. The molecule has 0 unspecified atom stereocenters. The van der Waals surface area contributed by atoms with Crippen molar-refractivity contribution in [3.63, 3.8) is 0 Å². The first kappa shape index (κ1) is 24.9. The van der Waals surface area contributed by atoms with Crippen molar-refractivity contribution in [3.8, 4) is 16.9 Å². The summed E-state index contributed by atoms with van der Waals surface area (Å²) in [5.41, 5.74) is 3.09. The van der Waals surface area contributed by atoms with Gasteiger partial charge >= 0.3 is 0 Å². The molecular formula is C26H36N4O3S. The van der Waals surface area contributed by atoms with Crippen molar-refractivity contribution in [3.05, 3.63) is 36.2 Å². The predicted octanol–water partition coefficient (Wildman–Crippen LogP) is 3.94. The van der Waals surface area contributed by atoms with Gasteiger partial charge in [-0.1, -0.05) is 23.9 Å². The number of aromatic nitrogens is 2. The number of piperidine rings is 2. The third kappa shape index (κ3) is 6.09. The minimum Gasteiger partial charge on any atom is -0.497 e. The third-order valence-corrected chi connectivity index (χ3v) is 7.61. The van der Waals surface area contributed by atoms with E-state index in [-0.39, 0.29) is 11.8 Å². The number of amides is 1. The van der Waals surface area contributed by atoms with Gasteiger partial charge in [0.05, 0.1) is 25.3 Å². The predicted molar refractivity (Wildman–Crippen MR) is 135 cm³/mol. The summed E-state index contributed by atoms with van der Waals surface area (Å²) in [7, 11) is 5.50. The monoisotopic (exact) mass is 484 g/mol. The molecule has 1 amide bonds. The SMILES string of the molecule is COCCSc1ncc(-c2cccc(OC)c2)c([C@@H]2CCCN(C(=O)[C@@H]3CCCN(C)C3)C2)n1. The molecule has 3 heterocycles. The van der Waals surface area contributed by atoms with E-state index in [2.05, 4.69) is 27.9 Å². The fourth-order valence-corrected chi connectivity index (χ4v) is 5.74. The van der Waals surface area contributed by atoms with Gasteiger partial charge in [-0.2, -0.15) is 0 Å². The van der Waals surface area contributed by atoms with Crippen LogP contribution in [0.1, 0.15) is 37.3 Å². The Bertz CT molecular complexity index is 973. The lowest BCUT2D eigenvalue weighted by atomic mass is 9.88. The zero-order valence-corrected chi connectivity index (χ0v) is 21.4. The number of methoxy groups -OCH3 is 2. The number of carbonyl (C=O) groups is 1. The Morgan fingerprint density at radius 3 is 2.82 bits per heavy atom. The quantitative estimate of drug-likeness (QED) is 0.319. The van der Waals surface area contributed by atoms with Gasteiger partial charge in [0.2, 0.25) is 5.91 Å². The Balaban J connectivity index is 1.60. The van der Waals surface area contributed by atoms with Crippen LogP contribution in [0.15, 0.2) is 35.6 Å². The lowest BCUT2D eigenvalue weighted by molar-refractivity contribution is -0.138. The van der Waals surface area contributed by atoms with E-state index < -0.39 is 0 Å². The van der Waals surface area contributed by atoms with Gasteiger partial charge in [0.15, 0.2) is 5.16 Å². The summed E-state index contributed by atoms with van der Waals surface area (Å²) in [5.74, 6) is 2.22. The fraction of sp³-hybridized carbons (Fsp3) is 0.577. The van der Waals surface area contributed by atoms with Crippen LogP contribution < -0.4 is 4.74 Å². The van der Waals surface area contributed by atoms with Crippen molar-refractivity contribution in [1.82, 2.24) is 19.8 Å². The summed E-state index contributed by atoms with van der Waals surface area (Å²) < 4.78 is 10.7. The molecule has 0 bridgehead atoms. The van der Waals surface area contributed by atoms with Crippen LogP contribution in [0.25, 0.3) is 11.1 Å². The molecule has 184 valence electrons. The first-order valence-electron chi connectivity index (χ1n) is 12.2. The smallest absolute Gasteiger partial charge is 0.226 e. The summed E-state index contributed by atoms with van der Waals surface area (Å²) in [6.45, 7) is 4.16. The van der Waals surface area contributed by atoms with Crippen LogP contribution in [0.5, 0.6) is 5.75 Å². The van der Waals surface area contributed by atoms with Crippen LogP contribution in [-0.4, -0.2) is 85.5 Å². The number of hydrogen-bond donors (Lipinski definition) is 0. The zero-order valence-electron chi connectivity index (χ0n) is 20.5. The van der Waals surface area contributed by atoms with Crippen molar-refractivity contribution in [1.29, 1.82) is 0 Å². The molecule has 34 heavy (non-hydrogen) atoms. The van der Waals surface area contributed by atoms with Crippen molar-refractivity contribution >= 4 is 17.7 Å². The zero-order chi connectivity index (χ0) is 23.9. The van der Waals surface area contributed by atoms with Crippen LogP contribution in [-0.2, 0) is 9.53 Å². The second-order valence-electron chi connectivity index (χ2n) is 9.25. The number of thioether (sulfide) groups is 1. The maximum absolute atomic E-state index is 13.4. The second kappa shape index (κ2) is 12.0. The molecule has 1 aromatic heterocycles. The molecular weight excluding hydrogens is 448 g/mol. The van der Waals surface area contributed by atoms with Crippen LogP contribution in [0.2, 0.25) is 0 Å². The topological polar surface area (TPSA) is 67.8 Å². The van der Waals surface area contributed by atoms with Gasteiger partial charge in [-0.3, -0.25) is 4.79 Å². The average molecular weight is 485 g/mol. The van der Waals surface area contributed by atoms with Gasteiger partial charge < -0.3 is 19.3 Å². The molecule has 2 atom stereocenters. The van der Waals surface area contributed by atoms with Gasteiger partial charge in [0.25, 0.3) is 0 Å². The van der Waals surface area contributed by atoms with Gasteiger partial charge in [-0.15, -0.1) is 0 Å². The molecule has 7 nitrogen and oxygen atoms in total. The molecule has 1 aromatic carbocycles. The number of rotatable bonds is 8. The van der Waals surface area contributed by atoms with Crippen molar-refractivity contribution in [2.75, 3.05) is 59.8 Å². The molecule has 0 saturated carbocycles. The van der Waals surface area contributed by atoms with Crippen LogP contribution in [0.3, 0.4) is 0 Å². The number of hydrogen-bond acceptors (Lipinski definition) is 7. The van der Waals surface area contributed by atoms with Crippen molar-refractivity contribution in [2.45, 2.75) is 36.8 Å². The third-order valence-electron chi connectivity index (χ3n) is 6.79. The van der Waals surface area contributed by atoms with E-state index in [0.717, 1.165) is 85.3 Å². The van der Waals surface area contributed by atoms with Gasteiger partial charge in [0, 0.05) is 50.2 Å². The van der Waals surface area contributed by atoms with Gasteiger partial charge in [-0.25, -0.2) is 9.97 Å². The van der Waals surface area contributed by atoms with Crippen LogP contribution >= 0.6 is 11.8 Å². The Morgan fingerprint density at radius 2 is 2.03 bits per heavy atom. The molecule has 8 heteroatoms. The van der Waals surface area contributed by atoms with Crippen molar-refractivity contribution < 1.29 is 14.3 Å². The van der Waals surface area contributed by atoms with E-state index in [1.54, 1.807) is 26.0 Å². The highest BCUT2D eigenvalue weighted by Gasteiger charge is 2.33. The molecule has 0 aliphatic carbocycles. The molecule has 0 spiro atoms. The summed E-state index contributed by atoms with van der Waals surface area (Å²) in [6, 6.07) is 8.05. The molecule has 2 aromatic rings. The Labute approximate surface area is 207 Å². The van der Waals surface area contributed by atoms with E-state index in [0.29, 0.717) is 12.5 Å². The summed E-state index contributed by atoms with van der Waals surface area (Å²) >= 11 is 1.61. The largest absolute Gasteiger partial charge is 0.497 e. The molecule has 2 fully saturated rings. The molecule has 4 rings (SSSR count). The lowest BCUT2D eigenvalue weighted by Gasteiger charge is -2.37. The molecule has 0 radical (unpaired) electrons. The number of likely N-dealkylation sites (tertiary alicyclic amines) is 2. The van der Waals surface area contributed by atoms with Gasteiger partial charge in [-0.05, 0) is 57.0 Å². The minimum atomic E-state index is 0.112. The Kier molecular flexibility index (Phi) is 8.80. The highest BCUT2D eigenvalue weighted by Crippen LogP contribution is 2.36. The average Bonchev–Trinajstić information content (AvgIpc) is 2.88. The highest BCUT2D eigenvalue weighted by atomic mass is 32.2. The summed E-state index contributed by atoms with van der Waals surface area (Å²) in [4.78, 5) is 27.4. The number of carbonyl (C=O) groups excluding carboxylic acids is 1. The van der Waals surface area contributed by atoms with E-state index in [1.165, 1.54) is 0 Å². The van der Waals surface area contributed by atoms with Crippen molar-refractivity contribution in [2.24, 2.45) is 5.92 Å². The highest BCUT2D eigenvalue weighted by molar-refractivity contribution is 7.99. The Morgan fingerprint density at radius 1 is 1.18 bits per heavy atom. The first-order chi connectivity index (χ1) is 16.6. The van der Waals surface area contributed by atoms with E-state index in [4.69, 9.17) is 14.5 Å². The molecule has 2 aliphatic rings. The minimum absolute atomic E-state index is 0.112. The van der Waals surface area contributed by atoms with Crippen LogP contribution in [0, 0.1) is 5.92 Å².